The van der Waals surface area contributed by atoms with E-state index in [0.29, 0.717) is 17.3 Å². The highest BCUT2D eigenvalue weighted by molar-refractivity contribution is 7.09. The summed E-state index contributed by atoms with van der Waals surface area (Å²) in [7, 11) is 1.40. The molecule has 2 aromatic rings. The number of pyridine rings is 1. The lowest BCUT2D eigenvalue weighted by Gasteiger charge is -2.33. The Morgan fingerprint density at radius 1 is 1.50 bits per heavy atom. The Bertz CT molecular complexity index is 671. The number of aryl methyl sites for hydroxylation is 1. The zero-order valence-corrected chi connectivity index (χ0v) is 13.6. The van der Waals surface area contributed by atoms with Crippen molar-refractivity contribution in [3.8, 4) is 0 Å². The minimum atomic E-state index is -0.338. The van der Waals surface area contributed by atoms with Crippen molar-refractivity contribution in [2.24, 2.45) is 0 Å². The molecule has 1 fully saturated rings. The van der Waals surface area contributed by atoms with Crippen LogP contribution in [0.3, 0.4) is 0 Å². The molecule has 0 aliphatic carbocycles. The Morgan fingerprint density at radius 3 is 3.09 bits per heavy atom. The van der Waals surface area contributed by atoms with E-state index in [-0.39, 0.29) is 5.97 Å². The summed E-state index contributed by atoms with van der Waals surface area (Å²) in [5.41, 5.74) is 1.60. The maximum absolute atomic E-state index is 11.9. The summed E-state index contributed by atoms with van der Waals surface area (Å²) < 4.78 is 4.87. The number of methoxy groups -OCH3 is 1. The maximum Gasteiger partial charge on any atom is 0.341 e. The first-order valence-electron chi connectivity index (χ1n) is 7.39. The Kier molecular flexibility index (Phi) is 4.38. The van der Waals surface area contributed by atoms with Gasteiger partial charge in [-0.1, -0.05) is 0 Å². The van der Waals surface area contributed by atoms with Crippen molar-refractivity contribution in [2.45, 2.75) is 25.7 Å². The van der Waals surface area contributed by atoms with Crippen molar-refractivity contribution in [1.82, 2.24) is 9.97 Å². The smallest absolute Gasteiger partial charge is 0.341 e. The molecule has 0 unspecified atom stereocenters. The van der Waals surface area contributed by atoms with Gasteiger partial charge in [-0.25, -0.2) is 14.8 Å². The van der Waals surface area contributed by atoms with Gasteiger partial charge in [0.05, 0.1) is 12.1 Å². The first-order valence-corrected chi connectivity index (χ1v) is 8.27. The second kappa shape index (κ2) is 6.44. The second-order valence-corrected chi connectivity index (χ2v) is 6.37. The highest BCUT2D eigenvalue weighted by Gasteiger charge is 2.27. The summed E-state index contributed by atoms with van der Waals surface area (Å²) in [6.45, 7) is 3.77. The topological polar surface area (TPSA) is 55.3 Å². The van der Waals surface area contributed by atoms with Gasteiger partial charge < -0.3 is 9.64 Å². The van der Waals surface area contributed by atoms with E-state index in [0.717, 1.165) is 31.6 Å². The van der Waals surface area contributed by atoms with Gasteiger partial charge in [0.2, 0.25) is 0 Å². The molecule has 1 saturated heterocycles. The van der Waals surface area contributed by atoms with E-state index in [1.54, 1.807) is 29.7 Å². The van der Waals surface area contributed by atoms with Gasteiger partial charge >= 0.3 is 5.97 Å². The molecule has 1 atom stereocenters. The number of aromatic nitrogens is 2. The fourth-order valence-corrected chi connectivity index (χ4v) is 3.77. The van der Waals surface area contributed by atoms with Crippen LogP contribution in [0, 0.1) is 6.92 Å². The summed E-state index contributed by atoms with van der Waals surface area (Å²) in [6, 6.07) is 3.53. The number of anilines is 1. The van der Waals surface area contributed by atoms with Crippen molar-refractivity contribution >= 4 is 23.1 Å². The molecule has 0 amide bonds. The lowest BCUT2D eigenvalue weighted by atomic mass is 9.98. The van der Waals surface area contributed by atoms with Crippen molar-refractivity contribution in [1.29, 1.82) is 0 Å². The van der Waals surface area contributed by atoms with Gasteiger partial charge in [-0.3, -0.25) is 0 Å². The number of piperidine rings is 1. The van der Waals surface area contributed by atoms with Gasteiger partial charge in [-0.15, -0.1) is 11.3 Å². The molecule has 116 valence electrons. The number of ether oxygens (including phenoxy) is 1. The second-order valence-electron chi connectivity index (χ2n) is 5.48. The van der Waals surface area contributed by atoms with Crippen molar-refractivity contribution in [3.05, 3.63) is 40.0 Å². The SMILES string of the molecule is COC(=O)c1cccnc1N1CCC[C@H](c2nc(C)cs2)C1. The zero-order valence-electron chi connectivity index (χ0n) is 12.8. The third kappa shape index (κ3) is 2.97. The number of nitrogens with zero attached hydrogens (tertiary/aromatic N) is 3. The predicted octanol–water partition coefficient (Wildman–Crippen LogP) is 3.02. The van der Waals surface area contributed by atoms with Crippen molar-refractivity contribution < 1.29 is 9.53 Å². The quantitative estimate of drug-likeness (QED) is 0.815. The van der Waals surface area contributed by atoms with E-state index in [2.05, 4.69) is 20.2 Å². The molecule has 1 aliphatic rings. The van der Waals surface area contributed by atoms with E-state index in [1.165, 1.54) is 12.1 Å². The van der Waals surface area contributed by atoms with Crippen LogP contribution in [-0.2, 0) is 4.74 Å². The van der Waals surface area contributed by atoms with Crippen molar-refractivity contribution in [3.63, 3.8) is 0 Å². The molecule has 0 spiro atoms. The molecule has 0 N–H and O–H groups in total. The largest absolute Gasteiger partial charge is 0.465 e. The van der Waals surface area contributed by atoms with Gasteiger partial charge in [-0.2, -0.15) is 0 Å². The summed E-state index contributed by atoms with van der Waals surface area (Å²) in [5.74, 6) is 0.780. The van der Waals surface area contributed by atoms with Crippen LogP contribution in [0.4, 0.5) is 5.82 Å². The van der Waals surface area contributed by atoms with E-state index in [1.807, 2.05) is 6.92 Å². The van der Waals surface area contributed by atoms with E-state index < -0.39 is 0 Å². The maximum atomic E-state index is 11.9. The molecule has 3 heterocycles. The predicted molar refractivity (Wildman–Crippen MR) is 86.6 cm³/mol. The van der Waals surface area contributed by atoms with Gasteiger partial charge in [0.15, 0.2) is 0 Å². The molecule has 5 nitrogen and oxygen atoms in total. The van der Waals surface area contributed by atoms with Gasteiger partial charge in [0.1, 0.15) is 11.4 Å². The molecule has 0 bridgehead atoms. The van der Waals surface area contributed by atoms with Crippen LogP contribution in [0.5, 0.6) is 0 Å². The lowest BCUT2D eigenvalue weighted by molar-refractivity contribution is 0.0601. The molecule has 0 aromatic carbocycles. The summed E-state index contributed by atoms with van der Waals surface area (Å²) in [5, 5.41) is 3.27. The minimum Gasteiger partial charge on any atom is -0.465 e. The van der Waals surface area contributed by atoms with Gasteiger partial charge in [-0.05, 0) is 31.9 Å². The van der Waals surface area contributed by atoms with Crippen molar-refractivity contribution in [2.75, 3.05) is 25.1 Å². The van der Waals surface area contributed by atoms with Crippen LogP contribution >= 0.6 is 11.3 Å². The number of carbonyl (C=O) groups excluding carboxylic acids is 1. The molecule has 2 aromatic heterocycles. The van der Waals surface area contributed by atoms with Crippen LogP contribution < -0.4 is 4.90 Å². The average Bonchev–Trinajstić information content (AvgIpc) is 3.01. The van der Waals surface area contributed by atoms with E-state index in [4.69, 9.17) is 4.74 Å². The average molecular weight is 317 g/mol. The molecule has 0 radical (unpaired) electrons. The van der Waals surface area contributed by atoms with Crippen LogP contribution in [0.15, 0.2) is 23.7 Å². The van der Waals surface area contributed by atoms with E-state index in [9.17, 15) is 4.79 Å². The molecule has 3 rings (SSSR count). The fourth-order valence-electron chi connectivity index (χ4n) is 2.85. The van der Waals surface area contributed by atoms with E-state index >= 15 is 0 Å². The van der Waals surface area contributed by atoms with Gasteiger partial charge in [0, 0.05) is 36.3 Å². The monoisotopic (exact) mass is 317 g/mol. The minimum absolute atomic E-state index is 0.338. The van der Waals surface area contributed by atoms with Crippen LogP contribution in [-0.4, -0.2) is 36.1 Å². The number of thiazole rings is 1. The van der Waals surface area contributed by atoms with Crippen LogP contribution in [0.25, 0.3) is 0 Å². The number of rotatable bonds is 3. The first kappa shape index (κ1) is 15.0. The Labute approximate surface area is 134 Å². The Hall–Kier alpha value is -1.95. The fraction of sp³-hybridized carbons (Fsp3) is 0.438. The molecule has 1 aliphatic heterocycles. The Balaban J connectivity index is 1.85. The lowest BCUT2D eigenvalue weighted by Crippen LogP contribution is -2.36. The third-order valence-corrected chi connectivity index (χ3v) is 5.02. The molecule has 22 heavy (non-hydrogen) atoms. The molecular weight excluding hydrogens is 298 g/mol. The third-order valence-electron chi connectivity index (χ3n) is 3.90. The molecule has 0 saturated carbocycles. The highest BCUT2D eigenvalue weighted by Crippen LogP contribution is 2.32. The summed E-state index contributed by atoms with van der Waals surface area (Å²) in [4.78, 5) is 23.1. The Morgan fingerprint density at radius 2 is 2.36 bits per heavy atom. The van der Waals surface area contributed by atoms with Crippen LogP contribution in [0.1, 0.15) is 39.8 Å². The highest BCUT2D eigenvalue weighted by atomic mass is 32.1. The van der Waals surface area contributed by atoms with Crippen LogP contribution in [0.2, 0.25) is 0 Å². The van der Waals surface area contributed by atoms with Gasteiger partial charge in [0.25, 0.3) is 0 Å². The number of carbonyl (C=O) groups is 1. The number of hydrogen-bond donors (Lipinski definition) is 0. The normalized spacial score (nSPS) is 18.3. The number of esters is 1. The summed E-state index contributed by atoms with van der Waals surface area (Å²) >= 11 is 1.72. The standard InChI is InChI=1S/C16H19N3O2S/c1-11-10-22-15(18-11)12-5-4-8-19(9-12)14-13(16(20)21-2)6-3-7-17-14/h3,6-7,10,12H,4-5,8-9H2,1-2H3/t12-/m0/s1. The first-order chi connectivity index (χ1) is 10.7. The zero-order chi connectivity index (χ0) is 15.5. The molecule has 6 heteroatoms. The summed E-state index contributed by atoms with van der Waals surface area (Å²) in [6.07, 6.45) is 3.92. The number of hydrogen-bond acceptors (Lipinski definition) is 6. The molecular formula is C16H19N3O2S.